The minimum absolute atomic E-state index is 0.849. The maximum atomic E-state index is 5.29. The van der Waals surface area contributed by atoms with Crippen LogP contribution in [0.2, 0.25) is 0 Å². The first kappa shape index (κ1) is 9.15. The minimum atomic E-state index is 0.849. The number of hydrogen-bond acceptors (Lipinski definition) is 4. The summed E-state index contributed by atoms with van der Waals surface area (Å²) in [4.78, 5) is 0. The Bertz CT molecular complexity index is 426. The molecule has 0 N–H and O–H groups in total. The van der Waals surface area contributed by atoms with Gasteiger partial charge in [-0.3, -0.25) is 0 Å². The average molecular weight is 206 g/mol. The van der Waals surface area contributed by atoms with Crippen LogP contribution in [-0.4, -0.2) is 17.3 Å². The van der Waals surface area contributed by atoms with Crippen LogP contribution in [0.15, 0.2) is 23.7 Å². The molecule has 0 aliphatic carbocycles. The first-order chi connectivity index (χ1) is 6.83. The highest BCUT2D eigenvalue weighted by Crippen LogP contribution is 2.33. The average Bonchev–Trinajstić information content (AvgIpc) is 2.70. The van der Waals surface area contributed by atoms with Gasteiger partial charge in [0.1, 0.15) is 11.3 Å². The lowest BCUT2D eigenvalue weighted by Crippen LogP contribution is -1.90. The first-order valence-corrected chi connectivity index (χ1v) is 5.11. The number of nitrogens with zero attached hydrogens (tertiary/aromatic N) is 2. The predicted octanol–water partition coefficient (Wildman–Crippen LogP) is 2.52. The lowest BCUT2D eigenvalue weighted by atomic mass is 10.1. The number of methoxy groups -OCH3 is 1. The third-order valence-corrected chi connectivity index (χ3v) is 2.74. The molecule has 0 fully saturated rings. The Hall–Kier alpha value is -1.42. The second kappa shape index (κ2) is 3.75. The fourth-order valence-electron chi connectivity index (χ4n) is 1.37. The molecule has 2 rings (SSSR count). The Morgan fingerprint density at radius 2 is 2.21 bits per heavy atom. The first-order valence-electron chi connectivity index (χ1n) is 4.23. The van der Waals surface area contributed by atoms with Gasteiger partial charge in [-0.2, -0.15) is 0 Å². The molecule has 1 aromatic heterocycles. The van der Waals surface area contributed by atoms with E-state index in [-0.39, 0.29) is 0 Å². The Balaban J connectivity index is 2.61. The van der Waals surface area contributed by atoms with Crippen LogP contribution < -0.4 is 4.74 Å². The van der Waals surface area contributed by atoms with Crippen LogP contribution in [0.25, 0.3) is 10.6 Å². The van der Waals surface area contributed by atoms with Gasteiger partial charge in [0.05, 0.1) is 12.7 Å². The van der Waals surface area contributed by atoms with Crippen LogP contribution in [-0.2, 0) is 0 Å². The molecule has 0 atom stereocenters. The zero-order valence-electron chi connectivity index (χ0n) is 8.02. The van der Waals surface area contributed by atoms with Gasteiger partial charge in [0.2, 0.25) is 0 Å². The molecular weight excluding hydrogens is 196 g/mol. The van der Waals surface area contributed by atoms with Crippen molar-refractivity contribution in [2.75, 3.05) is 7.11 Å². The molecule has 0 spiro atoms. The van der Waals surface area contributed by atoms with Crippen molar-refractivity contribution in [2.24, 2.45) is 0 Å². The van der Waals surface area contributed by atoms with Gasteiger partial charge in [-0.15, -0.1) is 10.2 Å². The lowest BCUT2D eigenvalue weighted by Gasteiger charge is -2.07. The number of aromatic nitrogens is 2. The predicted molar refractivity (Wildman–Crippen MR) is 56.6 cm³/mol. The van der Waals surface area contributed by atoms with Gasteiger partial charge < -0.3 is 4.74 Å². The molecule has 1 heterocycles. The summed E-state index contributed by atoms with van der Waals surface area (Å²) in [5, 5.41) is 8.78. The van der Waals surface area contributed by atoms with E-state index in [1.807, 2.05) is 25.1 Å². The molecule has 0 saturated carbocycles. The highest BCUT2D eigenvalue weighted by Gasteiger charge is 2.10. The molecule has 0 amide bonds. The van der Waals surface area contributed by atoms with Crippen LogP contribution >= 0.6 is 11.3 Å². The third-order valence-electron chi connectivity index (χ3n) is 2.03. The summed E-state index contributed by atoms with van der Waals surface area (Å²) in [5.41, 5.74) is 3.92. The number of aryl methyl sites for hydroxylation is 1. The highest BCUT2D eigenvalue weighted by atomic mass is 32.1. The topological polar surface area (TPSA) is 35.0 Å². The van der Waals surface area contributed by atoms with Crippen LogP contribution in [0.3, 0.4) is 0 Å². The lowest BCUT2D eigenvalue weighted by molar-refractivity contribution is 0.416. The molecule has 72 valence electrons. The number of rotatable bonds is 2. The Morgan fingerprint density at radius 3 is 2.86 bits per heavy atom. The summed E-state index contributed by atoms with van der Waals surface area (Å²) in [6.07, 6.45) is 0. The summed E-state index contributed by atoms with van der Waals surface area (Å²) in [5.74, 6) is 0.849. The smallest absolute Gasteiger partial charge is 0.151 e. The molecule has 2 aromatic rings. The summed E-state index contributed by atoms with van der Waals surface area (Å²) in [6, 6.07) is 5.95. The van der Waals surface area contributed by atoms with E-state index in [9.17, 15) is 0 Å². The van der Waals surface area contributed by atoms with E-state index in [2.05, 4.69) is 10.2 Å². The Kier molecular flexibility index (Phi) is 2.45. The molecule has 1 aromatic carbocycles. The van der Waals surface area contributed by atoms with Crippen molar-refractivity contribution >= 4 is 11.3 Å². The molecule has 0 aliphatic heterocycles. The van der Waals surface area contributed by atoms with Crippen molar-refractivity contribution in [2.45, 2.75) is 6.92 Å². The standard InChI is InChI=1S/C10H10N2OS/c1-7-4-3-5-8(13-2)9(7)10-12-11-6-14-10/h3-6H,1-2H3. The minimum Gasteiger partial charge on any atom is -0.496 e. The SMILES string of the molecule is COc1cccc(C)c1-c1nncs1. The van der Waals surface area contributed by atoms with E-state index < -0.39 is 0 Å². The largest absolute Gasteiger partial charge is 0.496 e. The molecular formula is C10H10N2OS. The van der Waals surface area contributed by atoms with Crippen LogP contribution in [0.1, 0.15) is 5.56 Å². The fraction of sp³-hybridized carbons (Fsp3) is 0.200. The summed E-state index contributed by atoms with van der Waals surface area (Å²) >= 11 is 1.52. The molecule has 0 aliphatic rings. The van der Waals surface area contributed by atoms with Crippen molar-refractivity contribution in [3.8, 4) is 16.3 Å². The fourth-order valence-corrected chi connectivity index (χ4v) is 2.03. The molecule has 14 heavy (non-hydrogen) atoms. The summed E-state index contributed by atoms with van der Waals surface area (Å²) in [7, 11) is 1.67. The highest BCUT2D eigenvalue weighted by molar-refractivity contribution is 7.12. The van der Waals surface area contributed by atoms with Crippen molar-refractivity contribution < 1.29 is 4.74 Å². The van der Waals surface area contributed by atoms with Gasteiger partial charge in [-0.25, -0.2) is 0 Å². The molecule has 3 nitrogen and oxygen atoms in total. The van der Waals surface area contributed by atoms with Gasteiger partial charge in [-0.05, 0) is 18.6 Å². The van der Waals surface area contributed by atoms with Gasteiger partial charge in [0.25, 0.3) is 0 Å². The maximum absolute atomic E-state index is 5.29. The van der Waals surface area contributed by atoms with Crippen molar-refractivity contribution in [1.29, 1.82) is 0 Å². The third kappa shape index (κ3) is 1.48. The zero-order valence-corrected chi connectivity index (χ0v) is 8.84. The molecule has 0 radical (unpaired) electrons. The van der Waals surface area contributed by atoms with E-state index in [4.69, 9.17) is 4.74 Å². The van der Waals surface area contributed by atoms with Crippen molar-refractivity contribution in [3.05, 3.63) is 29.3 Å². The van der Waals surface area contributed by atoms with Crippen LogP contribution in [0.5, 0.6) is 5.75 Å². The normalized spacial score (nSPS) is 10.1. The van der Waals surface area contributed by atoms with Gasteiger partial charge in [0.15, 0.2) is 5.01 Å². The van der Waals surface area contributed by atoms with Crippen LogP contribution in [0.4, 0.5) is 0 Å². The Morgan fingerprint density at radius 1 is 1.36 bits per heavy atom. The number of ether oxygens (including phenoxy) is 1. The summed E-state index contributed by atoms with van der Waals surface area (Å²) < 4.78 is 5.29. The van der Waals surface area contributed by atoms with E-state index in [0.717, 1.165) is 21.9 Å². The van der Waals surface area contributed by atoms with Crippen LogP contribution in [0, 0.1) is 6.92 Å². The molecule has 0 unspecified atom stereocenters. The quantitative estimate of drug-likeness (QED) is 0.757. The summed E-state index contributed by atoms with van der Waals surface area (Å²) in [6.45, 7) is 2.04. The second-order valence-electron chi connectivity index (χ2n) is 2.90. The Labute approximate surface area is 86.4 Å². The van der Waals surface area contributed by atoms with E-state index >= 15 is 0 Å². The molecule has 0 bridgehead atoms. The van der Waals surface area contributed by atoms with Gasteiger partial charge in [0, 0.05) is 0 Å². The zero-order chi connectivity index (χ0) is 9.97. The molecule has 4 heteroatoms. The van der Waals surface area contributed by atoms with Gasteiger partial charge >= 0.3 is 0 Å². The number of benzene rings is 1. The second-order valence-corrected chi connectivity index (χ2v) is 3.73. The van der Waals surface area contributed by atoms with Gasteiger partial charge in [-0.1, -0.05) is 23.5 Å². The van der Waals surface area contributed by atoms with Crippen molar-refractivity contribution in [1.82, 2.24) is 10.2 Å². The maximum Gasteiger partial charge on any atom is 0.151 e. The monoisotopic (exact) mass is 206 g/mol. The van der Waals surface area contributed by atoms with Crippen molar-refractivity contribution in [3.63, 3.8) is 0 Å². The van der Waals surface area contributed by atoms with E-state index in [1.165, 1.54) is 11.3 Å². The molecule has 0 saturated heterocycles. The number of hydrogen-bond donors (Lipinski definition) is 0. The van der Waals surface area contributed by atoms with E-state index in [0.29, 0.717) is 0 Å². The van der Waals surface area contributed by atoms with E-state index in [1.54, 1.807) is 12.6 Å².